The number of hydrogen-bond acceptors (Lipinski definition) is 1. The molecular weight excluding hydrogens is 66.0 g/mol. The number of rotatable bonds is 1. The first kappa shape index (κ1) is 4.92. The van der Waals surface area contributed by atoms with Gasteiger partial charge in [-0.1, -0.05) is 0 Å². The highest BCUT2D eigenvalue weighted by atomic mass is 16.3. The van der Waals surface area contributed by atoms with Crippen LogP contribution in [0.4, 0.5) is 0 Å². The SMILES string of the molecule is C[C@@H](O)C[NH]. The van der Waals surface area contributed by atoms with Gasteiger partial charge in [0.05, 0.1) is 6.10 Å². The highest BCUT2D eigenvalue weighted by Crippen LogP contribution is 1.67. The molecule has 0 amide bonds. The summed E-state index contributed by atoms with van der Waals surface area (Å²) in [5.41, 5.74) is 6.41. The van der Waals surface area contributed by atoms with Crippen LogP contribution in [-0.2, 0) is 0 Å². The Labute approximate surface area is 31.6 Å². The van der Waals surface area contributed by atoms with E-state index in [1.165, 1.54) is 0 Å². The lowest BCUT2D eigenvalue weighted by Crippen LogP contribution is -2.05. The van der Waals surface area contributed by atoms with E-state index in [0.29, 0.717) is 0 Å². The van der Waals surface area contributed by atoms with Crippen molar-refractivity contribution in [2.45, 2.75) is 13.0 Å². The van der Waals surface area contributed by atoms with Crippen molar-refractivity contribution in [2.75, 3.05) is 6.54 Å². The Morgan fingerprint density at radius 1 is 2.00 bits per heavy atom. The minimum Gasteiger partial charge on any atom is -0.392 e. The van der Waals surface area contributed by atoms with Crippen molar-refractivity contribution >= 4 is 0 Å². The Morgan fingerprint density at radius 3 is 2.20 bits per heavy atom. The molecule has 31 valence electrons. The Kier molecular flexibility index (Phi) is 2.14. The molecule has 0 heterocycles. The zero-order chi connectivity index (χ0) is 4.28. The first-order chi connectivity index (χ1) is 2.27. The maximum Gasteiger partial charge on any atom is 0.0650 e. The fraction of sp³-hybridized carbons (Fsp3) is 1.00. The van der Waals surface area contributed by atoms with Crippen LogP contribution in [-0.4, -0.2) is 17.8 Å². The lowest BCUT2D eigenvalue weighted by Gasteiger charge is -1.89. The topological polar surface area (TPSA) is 44.0 Å². The molecule has 0 fully saturated rings. The average Bonchev–Trinajstić information content (AvgIpc) is 1.38. The second kappa shape index (κ2) is 2.18. The summed E-state index contributed by atoms with van der Waals surface area (Å²) >= 11 is 0. The van der Waals surface area contributed by atoms with Gasteiger partial charge in [-0.25, -0.2) is 0 Å². The molecule has 0 bridgehead atoms. The van der Waals surface area contributed by atoms with Gasteiger partial charge in [-0.2, -0.15) is 0 Å². The standard InChI is InChI=1S/C3H8NO/c1-3(5)2-4/h3-5H,2H2,1H3/t3-/m1/s1. The van der Waals surface area contributed by atoms with E-state index in [2.05, 4.69) is 0 Å². The fourth-order valence-electron chi connectivity index (χ4n) is 0. The zero-order valence-corrected chi connectivity index (χ0v) is 3.23. The van der Waals surface area contributed by atoms with E-state index in [9.17, 15) is 0 Å². The molecule has 2 nitrogen and oxygen atoms in total. The minimum absolute atomic E-state index is 0.111. The average molecular weight is 74.1 g/mol. The van der Waals surface area contributed by atoms with Crippen molar-refractivity contribution in [2.24, 2.45) is 0 Å². The number of aliphatic hydroxyl groups excluding tert-OH is 1. The molecule has 0 aromatic heterocycles. The van der Waals surface area contributed by atoms with Crippen molar-refractivity contribution in [3.05, 3.63) is 0 Å². The van der Waals surface area contributed by atoms with Crippen LogP contribution < -0.4 is 5.73 Å². The van der Waals surface area contributed by atoms with E-state index in [4.69, 9.17) is 10.8 Å². The predicted octanol–water partition coefficient (Wildman–Crippen LogP) is -0.350. The molecule has 0 saturated carbocycles. The highest BCUT2D eigenvalue weighted by molar-refractivity contribution is 4.39. The molecule has 0 saturated heterocycles. The molecule has 0 unspecified atom stereocenters. The van der Waals surface area contributed by atoms with Crippen LogP contribution in [0, 0.1) is 0 Å². The van der Waals surface area contributed by atoms with Gasteiger partial charge in [0, 0.05) is 6.54 Å². The monoisotopic (exact) mass is 74.1 g/mol. The van der Waals surface area contributed by atoms with Gasteiger partial charge in [0.15, 0.2) is 0 Å². The summed E-state index contributed by atoms with van der Waals surface area (Å²) in [5, 5.41) is 8.17. The van der Waals surface area contributed by atoms with Gasteiger partial charge in [0.25, 0.3) is 0 Å². The first-order valence-corrected chi connectivity index (χ1v) is 1.60. The first-order valence-electron chi connectivity index (χ1n) is 1.60. The molecule has 0 rings (SSSR count). The Hall–Kier alpha value is -0.0800. The second-order valence-electron chi connectivity index (χ2n) is 1.05. The van der Waals surface area contributed by atoms with Crippen molar-refractivity contribution in [3.63, 3.8) is 0 Å². The molecule has 0 aliphatic heterocycles. The van der Waals surface area contributed by atoms with Crippen LogP contribution in [0.2, 0.25) is 0 Å². The summed E-state index contributed by atoms with van der Waals surface area (Å²) in [6.07, 6.45) is -0.449. The number of aliphatic hydroxyl groups is 1. The summed E-state index contributed by atoms with van der Waals surface area (Å²) in [5.74, 6) is 0. The van der Waals surface area contributed by atoms with E-state index in [1.807, 2.05) is 0 Å². The van der Waals surface area contributed by atoms with Gasteiger partial charge in [-0.15, -0.1) is 0 Å². The molecule has 5 heavy (non-hydrogen) atoms. The van der Waals surface area contributed by atoms with Crippen LogP contribution >= 0.6 is 0 Å². The quantitative estimate of drug-likeness (QED) is 0.454. The lowest BCUT2D eigenvalue weighted by atomic mass is 10.4. The molecule has 0 aliphatic carbocycles. The molecular formula is C3H8NO. The van der Waals surface area contributed by atoms with Crippen molar-refractivity contribution in [1.82, 2.24) is 5.73 Å². The third-order valence-electron chi connectivity index (χ3n) is 0.295. The van der Waals surface area contributed by atoms with Gasteiger partial charge in [0.2, 0.25) is 0 Å². The zero-order valence-electron chi connectivity index (χ0n) is 3.23. The summed E-state index contributed by atoms with van der Waals surface area (Å²) < 4.78 is 0. The van der Waals surface area contributed by atoms with Crippen LogP contribution in [0.25, 0.3) is 0 Å². The summed E-state index contributed by atoms with van der Waals surface area (Å²) in [4.78, 5) is 0. The van der Waals surface area contributed by atoms with Crippen LogP contribution in [0.1, 0.15) is 6.92 Å². The minimum atomic E-state index is -0.449. The Morgan fingerprint density at radius 2 is 2.20 bits per heavy atom. The summed E-state index contributed by atoms with van der Waals surface area (Å²) in [7, 11) is 0. The molecule has 0 aromatic carbocycles. The van der Waals surface area contributed by atoms with E-state index in [-0.39, 0.29) is 6.54 Å². The van der Waals surface area contributed by atoms with Crippen LogP contribution in [0.15, 0.2) is 0 Å². The van der Waals surface area contributed by atoms with Crippen molar-refractivity contribution in [1.29, 1.82) is 0 Å². The van der Waals surface area contributed by atoms with Crippen molar-refractivity contribution in [3.8, 4) is 0 Å². The maximum absolute atomic E-state index is 8.17. The third kappa shape index (κ3) is 3.92. The molecule has 0 aromatic rings. The lowest BCUT2D eigenvalue weighted by molar-refractivity contribution is 0.201. The molecule has 2 N–H and O–H groups in total. The van der Waals surface area contributed by atoms with Crippen molar-refractivity contribution < 1.29 is 5.11 Å². The number of nitrogens with one attached hydrogen (secondary N) is 1. The van der Waals surface area contributed by atoms with Gasteiger partial charge in [0.1, 0.15) is 0 Å². The highest BCUT2D eigenvalue weighted by Gasteiger charge is 1.82. The summed E-state index contributed by atoms with van der Waals surface area (Å²) in [6.45, 7) is 1.70. The predicted molar refractivity (Wildman–Crippen MR) is 19.6 cm³/mol. The summed E-state index contributed by atoms with van der Waals surface area (Å²) in [6, 6.07) is 0. The van der Waals surface area contributed by atoms with Crippen LogP contribution in [0.3, 0.4) is 0 Å². The Bertz CT molecular complexity index is 20.9. The molecule has 1 atom stereocenters. The van der Waals surface area contributed by atoms with Crippen LogP contribution in [0.5, 0.6) is 0 Å². The third-order valence-corrected chi connectivity index (χ3v) is 0.295. The number of hydrogen-bond donors (Lipinski definition) is 1. The van der Waals surface area contributed by atoms with Gasteiger partial charge >= 0.3 is 0 Å². The Balaban J connectivity index is 2.54. The van der Waals surface area contributed by atoms with Gasteiger partial charge in [-0.3, -0.25) is 5.73 Å². The molecule has 1 radical (unpaired) electrons. The molecule has 0 spiro atoms. The van der Waals surface area contributed by atoms with E-state index in [0.717, 1.165) is 0 Å². The normalized spacial score (nSPS) is 15.0. The molecule has 0 aliphatic rings. The van der Waals surface area contributed by atoms with E-state index < -0.39 is 6.10 Å². The second-order valence-corrected chi connectivity index (χ2v) is 1.05. The molecule has 2 heteroatoms. The smallest absolute Gasteiger partial charge is 0.0650 e. The van der Waals surface area contributed by atoms with E-state index >= 15 is 0 Å². The van der Waals surface area contributed by atoms with E-state index in [1.54, 1.807) is 6.92 Å². The van der Waals surface area contributed by atoms with Gasteiger partial charge < -0.3 is 5.11 Å². The van der Waals surface area contributed by atoms with Gasteiger partial charge in [-0.05, 0) is 6.92 Å². The fourth-order valence-corrected chi connectivity index (χ4v) is 0. The largest absolute Gasteiger partial charge is 0.392 e. The maximum atomic E-state index is 8.17.